The summed E-state index contributed by atoms with van der Waals surface area (Å²) in [5.41, 5.74) is 6.97. The van der Waals surface area contributed by atoms with Gasteiger partial charge in [0.15, 0.2) is 0 Å². The third-order valence-corrected chi connectivity index (χ3v) is 11.1. The van der Waals surface area contributed by atoms with Crippen LogP contribution in [0.1, 0.15) is 90.5 Å². The largest absolute Gasteiger partial charge is 0.461 e. The number of esters is 1. The van der Waals surface area contributed by atoms with Gasteiger partial charge >= 0.3 is 11.6 Å². The molecule has 4 fully saturated rings. The van der Waals surface area contributed by atoms with Crippen LogP contribution in [0.15, 0.2) is 27.6 Å². The molecule has 1 aromatic rings. The second-order valence-electron chi connectivity index (χ2n) is 12.9. The fourth-order valence-corrected chi connectivity index (χ4v) is 9.00. The van der Waals surface area contributed by atoms with Crippen molar-refractivity contribution in [3.63, 3.8) is 0 Å². The smallest absolute Gasteiger partial charge is 0.335 e. The zero-order valence-corrected chi connectivity index (χ0v) is 21.7. The summed E-state index contributed by atoms with van der Waals surface area (Å²) in [6.07, 6.45) is 9.18. The molecular formula is C29H43NO5. The molecule has 0 spiro atoms. The predicted molar refractivity (Wildman–Crippen MR) is 134 cm³/mol. The number of fused-ring (bicyclic) bond motifs is 5. The van der Waals surface area contributed by atoms with E-state index in [0.29, 0.717) is 36.0 Å². The number of hydrogen-bond donors (Lipinski definition) is 2. The van der Waals surface area contributed by atoms with Gasteiger partial charge in [0.25, 0.3) is 0 Å². The Morgan fingerprint density at radius 3 is 2.57 bits per heavy atom. The van der Waals surface area contributed by atoms with Crippen LogP contribution in [0, 0.1) is 40.4 Å². The minimum atomic E-state index is -0.611. The van der Waals surface area contributed by atoms with Crippen molar-refractivity contribution in [3.8, 4) is 0 Å². The first-order valence-corrected chi connectivity index (χ1v) is 13.8. The Morgan fingerprint density at radius 1 is 1.11 bits per heavy atom. The lowest BCUT2D eigenvalue weighted by Gasteiger charge is -2.62. The fourth-order valence-electron chi connectivity index (χ4n) is 9.00. The molecule has 0 amide bonds. The van der Waals surface area contributed by atoms with E-state index >= 15 is 0 Å². The van der Waals surface area contributed by atoms with Gasteiger partial charge in [-0.3, -0.25) is 4.79 Å². The molecule has 35 heavy (non-hydrogen) atoms. The number of carbonyl (C=O) groups is 1. The van der Waals surface area contributed by atoms with Crippen molar-refractivity contribution >= 4 is 5.97 Å². The van der Waals surface area contributed by atoms with Crippen LogP contribution in [0.2, 0.25) is 0 Å². The molecule has 5 rings (SSSR count). The van der Waals surface area contributed by atoms with Crippen LogP contribution in [0.5, 0.6) is 0 Å². The Balaban J connectivity index is 1.33. The highest BCUT2D eigenvalue weighted by Crippen LogP contribution is 2.69. The zero-order chi connectivity index (χ0) is 25.1. The van der Waals surface area contributed by atoms with Crippen LogP contribution in [-0.2, 0) is 9.53 Å². The lowest BCUT2D eigenvalue weighted by molar-refractivity contribution is -0.191. The third-order valence-electron chi connectivity index (χ3n) is 11.1. The minimum Gasteiger partial charge on any atom is -0.461 e. The first-order valence-electron chi connectivity index (χ1n) is 13.8. The Labute approximate surface area is 209 Å². The van der Waals surface area contributed by atoms with Crippen molar-refractivity contribution in [2.45, 2.75) is 103 Å². The Kier molecular flexibility index (Phi) is 6.45. The number of ether oxygens (including phenoxy) is 1. The maximum absolute atomic E-state index is 12.5. The monoisotopic (exact) mass is 485 g/mol. The number of nitrogens with two attached hydrogens (primary N) is 1. The Morgan fingerprint density at radius 2 is 1.89 bits per heavy atom. The summed E-state index contributed by atoms with van der Waals surface area (Å²) in [6.45, 7) is 8.63. The normalized spacial score (nSPS) is 43.7. The number of hydrogen-bond acceptors (Lipinski definition) is 6. The molecule has 194 valence electrons. The van der Waals surface area contributed by atoms with E-state index in [-0.39, 0.29) is 34.4 Å². The number of carbonyl (C=O) groups excluding carboxylic acids is 1. The van der Waals surface area contributed by atoms with E-state index in [2.05, 4.69) is 13.8 Å². The van der Waals surface area contributed by atoms with Crippen molar-refractivity contribution < 1.29 is 19.1 Å². The topological polar surface area (TPSA) is 103 Å². The first kappa shape index (κ1) is 25.0. The molecule has 0 radical (unpaired) electrons. The van der Waals surface area contributed by atoms with Crippen LogP contribution < -0.4 is 11.4 Å². The summed E-state index contributed by atoms with van der Waals surface area (Å²) in [6, 6.07) is 2.91. The van der Waals surface area contributed by atoms with Crippen LogP contribution in [-0.4, -0.2) is 29.3 Å². The average Bonchev–Trinajstić information content (AvgIpc) is 3.17. The lowest BCUT2D eigenvalue weighted by atomic mass is 9.44. The zero-order valence-electron chi connectivity index (χ0n) is 21.7. The molecule has 1 aromatic heterocycles. The lowest BCUT2D eigenvalue weighted by Crippen LogP contribution is -2.59. The van der Waals surface area contributed by atoms with Crippen molar-refractivity contribution in [2.24, 2.45) is 46.2 Å². The number of aliphatic hydroxyl groups excluding tert-OH is 1. The fraction of sp³-hybridized carbons (Fsp3) is 0.793. The molecule has 4 aliphatic rings. The van der Waals surface area contributed by atoms with E-state index < -0.39 is 12.1 Å². The Hall–Kier alpha value is -1.66. The molecule has 10 atom stereocenters. The van der Waals surface area contributed by atoms with Crippen LogP contribution in [0.3, 0.4) is 0 Å². The quantitative estimate of drug-likeness (QED) is 0.603. The van der Waals surface area contributed by atoms with Gasteiger partial charge in [-0.15, -0.1) is 0 Å². The van der Waals surface area contributed by atoms with Crippen LogP contribution in [0.25, 0.3) is 0 Å². The highest BCUT2D eigenvalue weighted by molar-refractivity contribution is 5.76. The standard InChI is InChI=1S/C29H43NO5/c1-16(2)26(30)27(33)35-19-13-18-6-7-20-22-9-8-21(17-5-10-25(32)34-15-17)28(22,3)12-11-23(20)29(18,4)24(31)14-19/h5,10,15-16,18-24,26,31H,6-9,11-14,30H2,1-4H3. The molecule has 4 saturated carbocycles. The molecule has 6 heteroatoms. The second-order valence-corrected chi connectivity index (χ2v) is 12.9. The SMILES string of the molecule is CC(C)C(N)C(=O)OC1CC(O)C2(C)C(CCC3C4CCC(c5ccc(=O)oc5)C4(C)CCC32)C1. The van der Waals surface area contributed by atoms with Gasteiger partial charge in [0.1, 0.15) is 12.1 Å². The van der Waals surface area contributed by atoms with E-state index in [1.165, 1.54) is 12.8 Å². The summed E-state index contributed by atoms with van der Waals surface area (Å²) in [7, 11) is 0. The average molecular weight is 486 g/mol. The second kappa shape index (κ2) is 9.02. The molecule has 4 aliphatic carbocycles. The molecule has 0 aliphatic heterocycles. The maximum Gasteiger partial charge on any atom is 0.335 e. The third kappa shape index (κ3) is 3.99. The van der Waals surface area contributed by atoms with Gasteiger partial charge < -0.3 is 20.0 Å². The van der Waals surface area contributed by atoms with E-state index in [9.17, 15) is 14.7 Å². The first-order chi connectivity index (χ1) is 16.6. The summed E-state index contributed by atoms with van der Waals surface area (Å²) in [5.74, 6) is 2.23. The molecule has 3 N–H and O–H groups in total. The minimum absolute atomic E-state index is 0.0374. The maximum atomic E-state index is 12.5. The summed E-state index contributed by atoms with van der Waals surface area (Å²) < 4.78 is 11.1. The molecule has 0 aromatic carbocycles. The molecule has 0 bridgehead atoms. The van der Waals surface area contributed by atoms with Crippen molar-refractivity contribution in [1.82, 2.24) is 0 Å². The summed E-state index contributed by atoms with van der Waals surface area (Å²) in [5, 5.41) is 11.5. The van der Waals surface area contributed by atoms with E-state index in [4.69, 9.17) is 14.9 Å². The number of aliphatic hydroxyl groups is 1. The van der Waals surface area contributed by atoms with Gasteiger partial charge in [0.2, 0.25) is 0 Å². The Bertz CT molecular complexity index is 985. The molecule has 1 heterocycles. The highest BCUT2D eigenvalue weighted by atomic mass is 16.5. The van der Waals surface area contributed by atoms with Crippen molar-refractivity contribution in [1.29, 1.82) is 0 Å². The van der Waals surface area contributed by atoms with Crippen molar-refractivity contribution in [2.75, 3.05) is 0 Å². The van der Waals surface area contributed by atoms with Gasteiger partial charge in [0.05, 0.1) is 12.4 Å². The van der Waals surface area contributed by atoms with Crippen molar-refractivity contribution in [3.05, 3.63) is 34.4 Å². The highest BCUT2D eigenvalue weighted by Gasteiger charge is 2.62. The van der Waals surface area contributed by atoms with Gasteiger partial charge in [-0.1, -0.05) is 27.7 Å². The van der Waals surface area contributed by atoms with Gasteiger partial charge in [-0.05, 0) is 103 Å². The van der Waals surface area contributed by atoms with E-state index in [1.54, 1.807) is 12.3 Å². The van der Waals surface area contributed by atoms with Crippen LogP contribution in [0.4, 0.5) is 0 Å². The molecular weight excluding hydrogens is 442 g/mol. The van der Waals surface area contributed by atoms with E-state index in [1.807, 2.05) is 19.9 Å². The summed E-state index contributed by atoms with van der Waals surface area (Å²) in [4.78, 5) is 24.0. The van der Waals surface area contributed by atoms with Gasteiger partial charge in [-0.2, -0.15) is 0 Å². The summed E-state index contributed by atoms with van der Waals surface area (Å²) >= 11 is 0. The van der Waals surface area contributed by atoms with Gasteiger partial charge in [-0.25, -0.2) is 4.79 Å². The van der Waals surface area contributed by atoms with Gasteiger partial charge in [0, 0.05) is 12.5 Å². The molecule has 6 nitrogen and oxygen atoms in total. The van der Waals surface area contributed by atoms with E-state index in [0.717, 1.165) is 37.7 Å². The molecule has 10 unspecified atom stereocenters. The number of rotatable bonds is 4. The van der Waals surface area contributed by atoms with Crippen LogP contribution >= 0.6 is 0 Å². The molecule has 0 saturated heterocycles. The predicted octanol–water partition coefficient (Wildman–Crippen LogP) is 4.63.